The van der Waals surface area contributed by atoms with Crippen molar-refractivity contribution in [3.8, 4) is 0 Å². The second-order valence-corrected chi connectivity index (χ2v) is 8.87. The lowest BCUT2D eigenvalue weighted by molar-refractivity contribution is -0.142. The smallest absolute Gasteiger partial charge is 0.326 e. The molecule has 0 aliphatic rings. The van der Waals surface area contributed by atoms with Crippen LogP contribution in [0, 0.1) is 5.92 Å². The molecular formula is C21H42N6O5S. The van der Waals surface area contributed by atoms with Gasteiger partial charge < -0.3 is 38.3 Å². The molecule has 0 aliphatic heterocycles. The van der Waals surface area contributed by atoms with Gasteiger partial charge in [0.1, 0.15) is 18.1 Å². The standard InChI is InChI=1S/C21H42N6O5S/c1-13(2)11-17(21(31)32)27-20(30)16(8-4-6-10-23)26-19(29)15(7-3-5-9-22)25-18(28)14(24)12-33/h13-17,33H,3-12,22-24H2,1-2H3,(H,25,28)(H,26,29)(H,27,30)(H,31,32). The van der Waals surface area contributed by atoms with Crippen LogP contribution in [0.5, 0.6) is 0 Å². The van der Waals surface area contributed by atoms with Crippen LogP contribution in [0.1, 0.15) is 58.8 Å². The van der Waals surface area contributed by atoms with Crippen molar-refractivity contribution in [2.24, 2.45) is 23.1 Å². The fourth-order valence-electron chi connectivity index (χ4n) is 3.12. The van der Waals surface area contributed by atoms with E-state index in [0.717, 1.165) is 0 Å². The molecule has 0 bridgehead atoms. The molecule has 33 heavy (non-hydrogen) atoms. The zero-order valence-electron chi connectivity index (χ0n) is 19.7. The van der Waals surface area contributed by atoms with E-state index in [-0.39, 0.29) is 24.5 Å². The molecule has 0 aromatic carbocycles. The molecule has 10 N–H and O–H groups in total. The summed E-state index contributed by atoms with van der Waals surface area (Å²) in [6.45, 7) is 4.57. The Kier molecular flexibility index (Phi) is 16.6. The van der Waals surface area contributed by atoms with Crippen LogP contribution in [0.25, 0.3) is 0 Å². The van der Waals surface area contributed by atoms with Crippen molar-refractivity contribution >= 4 is 36.3 Å². The van der Waals surface area contributed by atoms with Crippen molar-refractivity contribution in [3.05, 3.63) is 0 Å². The molecule has 0 aromatic heterocycles. The molecule has 0 saturated carbocycles. The molecular weight excluding hydrogens is 448 g/mol. The molecule has 192 valence electrons. The van der Waals surface area contributed by atoms with Gasteiger partial charge in [-0.3, -0.25) is 14.4 Å². The zero-order chi connectivity index (χ0) is 25.4. The number of nitrogens with two attached hydrogens (primary N) is 3. The lowest BCUT2D eigenvalue weighted by Gasteiger charge is -2.25. The van der Waals surface area contributed by atoms with Gasteiger partial charge in [0, 0.05) is 5.75 Å². The van der Waals surface area contributed by atoms with Gasteiger partial charge in [-0.1, -0.05) is 13.8 Å². The third-order valence-electron chi connectivity index (χ3n) is 5.01. The number of carboxylic acids is 1. The first-order valence-electron chi connectivity index (χ1n) is 11.5. The lowest BCUT2D eigenvalue weighted by Crippen LogP contribution is -2.57. The number of unbranched alkanes of at least 4 members (excludes halogenated alkanes) is 2. The van der Waals surface area contributed by atoms with Gasteiger partial charge in [-0.05, 0) is 64.0 Å². The summed E-state index contributed by atoms with van der Waals surface area (Å²) in [7, 11) is 0. The summed E-state index contributed by atoms with van der Waals surface area (Å²) in [5.41, 5.74) is 16.8. The number of aliphatic carboxylic acids is 1. The van der Waals surface area contributed by atoms with Gasteiger partial charge in [0.25, 0.3) is 0 Å². The summed E-state index contributed by atoms with van der Waals surface area (Å²) in [6.07, 6.45) is 3.30. The number of hydrogen-bond acceptors (Lipinski definition) is 8. The normalized spacial score (nSPS) is 14.8. The van der Waals surface area contributed by atoms with Crippen molar-refractivity contribution in [3.63, 3.8) is 0 Å². The number of carboxylic acid groups (broad SMARTS) is 1. The fourth-order valence-corrected chi connectivity index (χ4v) is 3.29. The van der Waals surface area contributed by atoms with E-state index in [1.807, 2.05) is 13.8 Å². The Labute approximate surface area is 201 Å². The van der Waals surface area contributed by atoms with Gasteiger partial charge in [-0.15, -0.1) is 0 Å². The van der Waals surface area contributed by atoms with Crippen molar-refractivity contribution in [2.75, 3.05) is 18.8 Å². The quantitative estimate of drug-likeness (QED) is 0.0890. The van der Waals surface area contributed by atoms with Gasteiger partial charge in [0.2, 0.25) is 17.7 Å². The molecule has 0 heterocycles. The highest BCUT2D eigenvalue weighted by Gasteiger charge is 2.30. The van der Waals surface area contributed by atoms with Gasteiger partial charge in [-0.25, -0.2) is 4.79 Å². The zero-order valence-corrected chi connectivity index (χ0v) is 20.6. The largest absolute Gasteiger partial charge is 0.480 e. The minimum absolute atomic E-state index is 0.0508. The average Bonchev–Trinajstić information content (AvgIpc) is 2.76. The lowest BCUT2D eigenvalue weighted by atomic mass is 10.0. The molecule has 0 saturated heterocycles. The van der Waals surface area contributed by atoms with Gasteiger partial charge in [0.05, 0.1) is 6.04 Å². The highest BCUT2D eigenvalue weighted by Crippen LogP contribution is 2.09. The topological polar surface area (TPSA) is 203 Å². The Morgan fingerprint density at radius 2 is 1.21 bits per heavy atom. The first-order chi connectivity index (χ1) is 15.6. The number of amides is 3. The molecule has 4 atom stereocenters. The molecule has 0 aromatic rings. The Morgan fingerprint density at radius 3 is 1.58 bits per heavy atom. The van der Waals surface area contributed by atoms with Crippen molar-refractivity contribution < 1.29 is 24.3 Å². The van der Waals surface area contributed by atoms with E-state index in [1.165, 1.54) is 0 Å². The van der Waals surface area contributed by atoms with E-state index >= 15 is 0 Å². The first kappa shape index (κ1) is 31.1. The average molecular weight is 491 g/mol. The van der Waals surface area contributed by atoms with E-state index in [4.69, 9.17) is 17.2 Å². The molecule has 0 aliphatic carbocycles. The minimum atomic E-state index is -1.14. The molecule has 4 unspecified atom stereocenters. The van der Waals surface area contributed by atoms with Crippen LogP contribution in [0.2, 0.25) is 0 Å². The van der Waals surface area contributed by atoms with E-state index in [9.17, 15) is 24.3 Å². The number of nitrogens with one attached hydrogen (secondary N) is 3. The molecule has 0 spiro atoms. The second kappa shape index (κ2) is 17.6. The SMILES string of the molecule is CC(C)CC(NC(=O)C(CCCCN)NC(=O)C(CCCCN)NC(=O)C(N)CS)C(=O)O. The van der Waals surface area contributed by atoms with Crippen LogP contribution in [0.4, 0.5) is 0 Å². The second-order valence-electron chi connectivity index (χ2n) is 8.51. The molecule has 11 nitrogen and oxygen atoms in total. The van der Waals surface area contributed by atoms with Crippen molar-refractivity contribution in [1.29, 1.82) is 0 Å². The predicted octanol–water partition coefficient (Wildman–Crippen LogP) is -0.913. The Balaban J connectivity index is 5.45. The number of hydrogen-bond donors (Lipinski definition) is 8. The van der Waals surface area contributed by atoms with Crippen molar-refractivity contribution in [1.82, 2.24) is 16.0 Å². The summed E-state index contributed by atoms with van der Waals surface area (Å²) in [5.74, 6) is -2.64. The number of rotatable bonds is 18. The van der Waals surface area contributed by atoms with Crippen LogP contribution >= 0.6 is 12.6 Å². The maximum atomic E-state index is 13.0. The monoisotopic (exact) mass is 490 g/mol. The van der Waals surface area contributed by atoms with E-state index in [2.05, 4.69) is 28.6 Å². The summed E-state index contributed by atoms with van der Waals surface area (Å²) >= 11 is 4.00. The summed E-state index contributed by atoms with van der Waals surface area (Å²) in [4.78, 5) is 49.6. The summed E-state index contributed by atoms with van der Waals surface area (Å²) < 4.78 is 0. The van der Waals surface area contributed by atoms with Crippen LogP contribution in [-0.2, 0) is 19.2 Å². The Bertz CT molecular complexity index is 622. The highest BCUT2D eigenvalue weighted by molar-refractivity contribution is 7.80. The van der Waals surface area contributed by atoms with E-state index in [0.29, 0.717) is 45.2 Å². The van der Waals surface area contributed by atoms with Gasteiger partial charge in [0.15, 0.2) is 0 Å². The maximum absolute atomic E-state index is 13.0. The van der Waals surface area contributed by atoms with Crippen molar-refractivity contribution in [2.45, 2.75) is 83.0 Å². The van der Waals surface area contributed by atoms with E-state index in [1.54, 1.807) is 0 Å². The number of carbonyl (C=O) groups is 4. The molecule has 3 amide bonds. The number of carbonyl (C=O) groups excluding carboxylic acids is 3. The minimum Gasteiger partial charge on any atom is -0.480 e. The molecule has 0 rings (SSSR count). The molecule has 0 fully saturated rings. The molecule has 12 heteroatoms. The van der Waals surface area contributed by atoms with Gasteiger partial charge >= 0.3 is 5.97 Å². The number of thiol groups is 1. The van der Waals surface area contributed by atoms with Gasteiger partial charge in [-0.2, -0.15) is 12.6 Å². The first-order valence-corrected chi connectivity index (χ1v) is 12.1. The van der Waals surface area contributed by atoms with Crippen LogP contribution in [-0.4, -0.2) is 71.8 Å². The Morgan fingerprint density at radius 1 is 0.788 bits per heavy atom. The highest BCUT2D eigenvalue weighted by atomic mass is 32.1. The molecule has 0 radical (unpaired) electrons. The third-order valence-corrected chi connectivity index (χ3v) is 5.41. The maximum Gasteiger partial charge on any atom is 0.326 e. The Hall–Kier alpha value is -1.89. The summed E-state index contributed by atoms with van der Waals surface area (Å²) in [6, 6.07) is -3.83. The predicted molar refractivity (Wildman–Crippen MR) is 131 cm³/mol. The van der Waals surface area contributed by atoms with Crippen LogP contribution in [0.3, 0.4) is 0 Å². The third kappa shape index (κ3) is 13.4. The van der Waals surface area contributed by atoms with Crippen LogP contribution < -0.4 is 33.2 Å². The van der Waals surface area contributed by atoms with Crippen LogP contribution in [0.15, 0.2) is 0 Å². The summed E-state index contributed by atoms with van der Waals surface area (Å²) in [5, 5.41) is 17.2. The van der Waals surface area contributed by atoms with E-state index < -0.39 is 47.9 Å². The fraction of sp³-hybridized carbons (Fsp3) is 0.810.